The first-order valence-electron chi connectivity index (χ1n) is 7.39. The van der Waals surface area contributed by atoms with E-state index in [4.69, 9.17) is 0 Å². The van der Waals surface area contributed by atoms with E-state index < -0.39 is 5.97 Å². The summed E-state index contributed by atoms with van der Waals surface area (Å²) in [5.41, 5.74) is 4.95. The minimum absolute atomic E-state index is 0.330. The van der Waals surface area contributed by atoms with Crippen LogP contribution in [0.3, 0.4) is 0 Å². The number of nitrogens with zero attached hydrogens (tertiary/aromatic N) is 1. The lowest BCUT2D eigenvalue weighted by Gasteiger charge is -2.18. The van der Waals surface area contributed by atoms with E-state index in [0.29, 0.717) is 5.56 Å². The number of benzene rings is 2. The molecular formula is C18H16N2O2. The van der Waals surface area contributed by atoms with Crippen molar-refractivity contribution in [3.63, 3.8) is 0 Å². The van der Waals surface area contributed by atoms with Crippen LogP contribution >= 0.6 is 0 Å². The first-order chi connectivity index (χ1) is 10.7. The van der Waals surface area contributed by atoms with E-state index in [1.54, 1.807) is 12.1 Å². The summed E-state index contributed by atoms with van der Waals surface area (Å²) in [6.45, 7) is 2.55. The van der Waals surface area contributed by atoms with Gasteiger partial charge in [-0.25, -0.2) is 4.79 Å². The van der Waals surface area contributed by atoms with E-state index in [-0.39, 0.29) is 0 Å². The second kappa shape index (κ2) is 5.00. The van der Waals surface area contributed by atoms with Crippen LogP contribution < -0.4 is 5.32 Å². The Kier molecular flexibility index (Phi) is 2.98. The molecule has 0 amide bonds. The molecule has 0 fully saturated rings. The molecule has 2 heterocycles. The normalized spacial score (nSPS) is 14.0. The van der Waals surface area contributed by atoms with Gasteiger partial charge >= 0.3 is 5.97 Å². The van der Waals surface area contributed by atoms with Crippen LogP contribution in [0.1, 0.15) is 15.9 Å². The predicted molar refractivity (Wildman–Crippen MR) is 86.0 cm³/mol. The third kappa shape index (κ3) is 2.00. The molecule has 4 nitrogen and oxygen atoms in total. The zero-order chi connectivity index (χ0) is 15.1. The van der Waals surface area contributed by atoms with Gasteiger partial charge in [0.1, 0.15) is 0 Å². The van der Waals surface area contributed by atoms with Crippen molar-refractivity contribution in [1.29, 1.82) is 0 Å². The van der Waals surface area contributed by atoms with Gasteiger partial charge in [-0.2, -0.15) is 0 Å². The Morgan fingerprint density at radius 1 is 1.14 bits per heavy atom. The second-order valence-electron chi connectivity index (χ2n) is 5.59. The summed E-state index contributed by atoms with van der Waals surface area (Å²) in [5, 5.41) is 13.7. The molecule has 0 saturated carbocycles. The van der Waals surface area contributed by atoms with E-state index in [9.17, 15) is 9.90 Å². The van der Waals surface area contributed by atoms with Crippen LogP contribution in [0.15, 0.2) is 48.5 Å². The summed E-state index contributed by atoms with van der Waals surface area (Å²) in [4.78, 5) is 11.2. The summed E-state index contributed by atoms with van der Waals surface area (Å²) in [6.07, 6.45) is 0. The number of aromatic carboxylic acids is 1. The molecule has 1 aliphatic heterocycles. The number of carboxylic acids is 1. The maximum Gasteiger partial charge on any atom is 0.335 e. The number of hydrogen-bond acceptors (Lipinski definition) is 2. The first kappa shape index (κ1) is 13.1. The molecule has 0 saturated heterocycles. The molecule has 2 aromatic carbocycles. The molecule has 2 N–H and O–H groups in total. The van der Waals surface area contributed by atoms with Gasteiger partial charge in [0.25, 0.3) is 0 Å². The molecule has 4 rings (SSSR count). The number of carboxylic acid groups (broad SMARTS) is 1. The topological polar surface area (TPSA) is 54.3 Å². The Hall–Kier alpha value is -2.59. The molecule has 1 aliphatic rings. The summed E-state index contributed by atoms with van der Waals surface area (Å²) in [5.74, 6) is -0.887. The highest BCUT2D eigenvalue weighted by atomic mass is 16.4. The lowest BCUT2D eigenvalue weighted by atomic mass is 10.0. The van der Waals surface area contributed by atoms with Crippen molar-refractivity contribution in [2.24, 2.45) is 0 Å². The van der Waals surface area contributed by atoms with Crippen LogP contribution in [-0.2, 0) is 13.1 Å². The van der Waals surface area contributed by atoms with Crippen molar-refractivity contribution >= 4 is 16.9 Å². The van der Waals surface area contributed by atoms with Crippen molar-refractivity contribution in [3.05, 3.63) is 59.7 Å². The third-order valence-corrected chi connectivity index (χ3v) is 4.27. The number of carbonyl (C=O) groups is 1. The smallest absolute Gasteiger partial charge is 0.335 e. The number of aromatic nitrogens is 1. The Labute approximate surface area is 128 Å². The van der Waals surface area contributed by atoms with Crippen LogP contribution in [0.25, 0.3) is 22.2 Å². The van der Waals surface area contributed by atoms with Crippen molar-refractivity contribution < 1.29 is 9.90 Å². The van der Waals surface area contributed by atoms with Crippen molar-refractivity contribution in [2.75, 3.05) is 6.54 Å². The monoisotopic (exact) mass is 292 g/mol. The molecule has 1 aromatic heterocycles. The van der Waals surface area contributed by atoms with E-state index in [2.05, 4.69) is 34.1 Å². The van der Waals surface area contributed by atoms with Gasteiger partial charge in [0, 0.05) is 41.8 Å². The fourth-order valence-electron chi connectivity index (χ4n) is 3.19. The fourth-order valence-corrected chi connectivity index (χ4v) is 3.19. The Bertz CT molecular complexity index is 880. The van der Waals surface area contributed by atoms with Gasteiger partial charge in [-0.1, -0.05) is 30.3 Å². The van der Waals surface area contributed by atoms with Crippen molar-refractivity contribution in [2.45, 2.75) is 13.1 Å². The van der Waals surface area contributed by atoms with E-state index in [1.165, 1.54) is 11.1 Å². The molecule has 110 valence electrons. The molecule has 0 atom stereocenters. The van der Waals surface area contributed by atoms with Gasteiger partial charge in [0.2, 0.25) is 0 Å². The zero-order valence-electron chi connectivity index (χ0n) is 12.0. The molecule has 0 unspecified atom stereocenters. The van der Waals surface area contributed by atoms with Gasteiger partial charge in [0.15, 0.2) is 0 Å². The largest absolute Gasteiger partial charge is 0.478 e. The minimum Gasteiger partial charge on any atom is -0.478 e. The molecule has 0 bridgehead atoms. The van der Waals surface area contributed by atoms with Gasteiger partial charge in [0.05, 0.1) is 5.56 Å². The summed E-state index contributed by atoms with van der Waals surface area (Å²) in [6, 6.07) is 15.9. The van der Waals surface area contributed by atoms with E-state index in [0.717, 1.165) is 36.2 Å². The Morgan fingerprint density at radius 3 is 2.86 bits per heavy atom. The summed E-state index contributed by atoms with van der Waals surface area (Å²) >= 11 is 0. The number of fused-ring (bicyclic) bond motifs is 5. The lowest BCUT2D eigenvalue weighted by Crippen LogP contribution is -2.22. The minimum atomic E-state index is -0.887. The van der Waals surface area contributed by atoms with E-state index >= 15 is 0 Å². The average molecular weight is 292 g/mol. The predicted octanol–water partition coefficient (Wildman–Crippen LogP) is 3.11. The van der Waals surface area contributed by atoms with Crippen LogP contribution in [-0.4, -0.2) is 22.2 Å². The molecule has 4 heteroatoms. The first-order valence-corrected chi connectivity index (χ1v) is 7.39. The van der Waals surface area contributed by atoms with Crippen LogP contribution in [0.2, 0.25) is 0 Å². The van der Waals surface area contributed by atoms with Gasteiger partial charge in [-0.05, 0) is 23.8 Å². The lowest BCUT2D eigenvalue weighted by molar-refractivity contribution is 0.0697. The molecule has 0 radical (unpaired) electrons. The molecule has 3 aromatic rings. The standard InChI is InChI=1S/C18H16N2O2/c21-18(22)13-6-5-12-9-17-15-4-2-1-3-14(15)11-19-7-8-20(17)16(12)10-13/h1-6,9-10,19H,7-8,11H2,(H,21,22). The maximum atomic E-state index is 11.2. The quantitative estimate of drug-likeness (QED) is 0.724. The van der Waals surface area contributed by atoms with Gasteiger partial charge in [-0.3, -0.25) is 0 Å². The average Bonchev–Trinajstić information content (AvgIpc) is 2.86. The van der Waals surface area contributed by atoms with Crippen molar-refractivity contribution in [1.82, 2.24) is 9.88 Å². The molecule has 22 heavy (non-hydrogen) atoms. The van der Waals surface area contributed by atoms with Crippen LogP contribution in [0, 0.1) is 0 Å². The Morgan fingerprint density at radius 2 is 2.00 bits per heavy atom. The maximum absolute atomic E-state index is 11.2. The SMILES string of the molecule is O=C(O)c1ccc2cc3n(c2c1)CCNCc1ccccc1-3. The van der Waals surface area contributed by atoms with Crippen molar-refractivity contribution in [3.8, 4) is 11.3 Å². The van der Waals surface area contributed by atoms with Gasteiger partial charge in [-0.15, -0.1) is 0 Å². The van der Waals surface area contributed by atoms with Crippen LogP contribution in [0.5, 0.6) is 0 Å². The summed E-state index contributed by atoms with van der Waals surface area (Å²) < 4.78 is 2.22. The summed E-state index contributed by atoms with van der Waals surface area (Å²) in [7, 11) is 0. The number of nitrogens with one attached hydrogen (secondary N) is 1. The Balaban J connectivity index is 2.01. The highest BCUT2D eigenvalue weighted by Crippen LogP contribution is 2.32. The molecular weight excluding hydrogens is 276 g/mol. The van der Waals surface area contributed by atoms with Gasteiger partial charge < -0.3 is 15.0 Å². The third-order valence-electron chi connectivity index (χ3n) is 4.27. The highest BCUT2D eigenvalue weighted by molar-refractivity contribution is 5.95. The fraction of sp³-hybridized carbons (Fsp3) is 0.167. The van der Waals surface area contributed by atoms with E-state index in [1.807, 2.05) is 12.1 Å². The molecule has 0 spiro atoms. The molecule has 0 aliphatic carbocycles. The van der Waals surface area contributed by atoms with Crippen LogP contribution in [0.4, 0.5) is 0 Å². The number of rotatable bonds is 1. The number of hydrogen-bond donors (Lipinski definition) is 2. The second-order valence-corrected chi connectivity index (χ2v) is 5.59. The zero-order valence-corrected chi connectivity index (χ0v) is 12.0. The highest BCUT2D eigenvalue weighted by Gasteiger charge is 2.16.